The molecule has 0 aliphatic carbocycles. The van der Waals surface area contributed by atoms with Crippen LogP contribution in [0.4, 0.5) is 0 Å². The standard InChI is InChI=1S/C34H25N9/c1-23(24-4-26(31-11-36-19-37-12-31)8-27(5-24)32-13-38-20-39-14-32)3-30(10-35-2)25-6-28(33-15-40-21-41-16-33)9-29(7-25)34-17-42-22-43-18-34/h3-22H,2H2,1H3/b23-3+,30-10+. The molecule has 0 atom stereocenters. The van der Waals surface area contributed by atoms with Crippen LogP contribution >= 0.6 is 0 Å². The fourth-order valence-electron chi connectivity index (χ4n) is 4.72. The lowest BCUT2D eigenvalue weighted by atomic mass is 9.92. The zero-order chi connectivity index (χ0) is 29.4. The van der Waals surface area contributed by atoms with E-state index in [1.807, 2.05) is 0 Å². The van der Waals surface area contributed by atoms with E-state index in [1.165, 1.54) is 25.3 Å². The van der Waals surface area contributed by atoms with Gasteiger partial charge < -0.3 is 0 Å². The Morgan fingerprint density at radius 2 is 0.814 bits per heavy atom. The molecule has 0 aliphatic rings. The number of nitrogens with zero attached hydrogens (tertiary/aromatic N) is 9. The first-order chi connectivity index (χ1) is 21.2. The highest BCUT2D eigenvalue weighted by Gasteiger charge is 2.12. The molecule has 0 bridgehead atoms. The number of aromatic nitrogens is 8. The maximum absolute atomic E-state index is 4.22. The summed E-state index contributed by atoms with van der Waals surface area (Å²) in [5, 5.41) is 0. The Hall–Kier alpha value is -6.09. The maximum atomic E-state index is 4.22. The Labute approximate surface area is 248 Å². The van der Waals surface area contributed by atoms with Crippen molar-refractivity contribution in [3.63, 3.8) is 0 Å². The van der Waals surface area contributed by atoms with Gasteiger partial charge in [0.05, 0.1) is 0 Å². The number of aliphatic imine (C=N–C) groups is 1. The van der Waals surface area contributed by atoms with Crippen molar-refractivity contribution in [2.24, 2.45) is 4.99 Å². The summed E-state index contributed by atoms with van der Waals surface area (Å²) in [6.07, 6.45) is 24.3. The minimum absolute atomic E-state index is 0.877. The van der Waals surface area contributed by atoms with Crippen LogP contribution in [0.25, 0.3) is 55.7 Å². The molecule has 43 heavy (non-hydrogen) atoms. The van der Waals surface area contributed by atoms with E-state index in [4.69, 9.17) is 0 Å². The fourth-order valence-corrected chi connectivity index (χ4v) is 4.72. The van der Waals surface area contributed by atoms with Crippen LogP contribution in [0.1, 0.15) is 18.1 Å². The summed E-state index contributed by atoms with van der Waals surface area (Å²) < 4.78 is 0. The smallest absolute Gasteiger partial charge is 0.115 e. The maximum Gasteiger partial charge on any atom is 0.115 e. The largest absolute Gasteiger partial charge is 0.272 e. The first kappa shape index (κ1) is 27.1. The third-order valence-corrected chi connectivity index (χ3v) is 6.83. The number of allylic oxidation sites excluding steroid dienone is 3. The molecule has 9 heteroatoms. The second-order valence-electron chi connectivity index (χ2n) is 9.70. The molecule has 0 saturated heterocycles. The van der Waals surface area contributed by atoms with Crippen LogP contribution in [-0.4, -0.2) is 46.6 Å². The molecule has 6 rings (SSSR count). The molecule has 0 unspecified atom stereocenters. The predicted octanol–water partition coefficient (Wildman–Crippen LogP) is 6.66. The molecule has 6 aromatic rings. The minimum atomic E-state index is 0.877. The van der Waals surface area contributed by atoms with Crippen molar-refractivity contribution in [1.82, 2.24) is 39.9 Å². The number of hydrogen-bond donors (Lipinski definition) is 0. The van der Waals surface area contributed by atoms with Gasteiger partial charge in [-0.25, -0.2) is 39.9 Å². The average Bonchev–Trinajstić information content (AvgIpc) is 3.09. The third kappa shape index (κ3) is 6.31. The van der Waals surface area contributed by atoms with E-state index < -0.39 is 0 Å². The topological polar surface area (TPSA) is 115 Å². The van der Waals surface area contributed by atoms with Crippen molar-refractivity contribution >= 4 is 17.9 Å². The van der Waals surface area contributed by atoms with Gasteiger partial charge in [-0.05, 0) is 95.1 Å². The van der Waals surface area contributed by atoms with Crippen molar-refractivity contribution in [3.05, 3.63) is 135 Å². The molecular formula is C34H25N9. The molecule has 0 aliphatic heterocycles. The van der Waals surface area contributed by atoms with Crippen LogP contribution in [0, 0.1) is 0 Å². The second-order valence-corrected chi connectivity index (χ2v) is 9.70. The van der Waals surface area contributed by atoms with E-state index in [9.17, 15) is 0 Å². The number of rotatable bonds is 8. The second kappa shape index (κ2) is 12.6. The first-order valence-corrected chi connectivity index (χ1v) is 13.3. The van der Waals surface area contributed by atoms with Crippen LogP contribution in [0.2, 0.25) is 0 Å². The lowest BCUT2D eigenvalue weighted by Crippen LogP contribution is -1.92. The summed E-state index contributed by atoms with van der Waals surface area (Å²) in [6.45, 7) is 5.82. The van der Waals surface area contributed by atoms with E-state index >= 15 is 0 Å². The van der Waals surface area contributed by atoms with Crippen LogP contribution in [0.3, 0.4) is 0 Å². The zero-order valence-electron chi connectivity index (χ0n) is 23.3. The molecule has 0 saturated carbocycles. The van der Waals surface area contributed by atoms with Gasteiger partial charge in [-0.3, -0.25) is 4.99 Å². The molecule has 0 fully saturated rings. The van der Waals surface area contributed by atoms with E-state index in [1.54, 1.807) is 55.8 Å². The Kier molecular flexibility index (Phi) is 7.95. The van der Waals surface area contributed by atoms with Crippen LogP contribution in [-0.2, 0) is 0 Å². The predicted molar refractivity (Wildman–Crippen MR) is 168 cm³/mol. The Balaban J connectivity index is 1.48. The van der Waals surface area contributed by atoms with Gasteiger partial charge in [-0.2, -0.15) is 0 Å². The monoisotopic (exact) mass is 559 g/mol. The molecule has 9 nitrogen and oxygen atoms in total. The molecule has 2 aromatic carbocycles. The van der Waals surface area contributed by atoms with Gasteiger partial charge in [0.25, 0.3) is 0 Å². The van der Waals surface area contributed by atoms with E-state index in [2.05, 4.69) is 101 Å². The molecule has 0 radical (unpaired) electrons. The highest BCUT2D eigenvalue weighted by atomic mass is 14.8. The summed E-state index contributed by atoms with van der Waals surface area (Å²) in [6, 6.07) is 12.6. The van der Waals surface area contributed by atoms with Crippen LogP contribution < -0.4 is 0 Å². The molecule has 206 valence electrons. The van der Waals surface area contributed by atoms with Gasteiger partial charge in [0.15, 0.2) is 0 Å². The summed E-state index contributed by atoms with van der Waals surface area (Å²) >= 11 is 0. The van der Waals surface area contributed by atoms with E-state index in [-0.39, 0.29) is 0 Å². The van der Waals surface area contributed by atoms with Crippen molar-refractivity contribution in [2.75, 3.05) is 0 Å². The molecule has 4 aromatic heterocycles. The molecule has 0 N–H and O–H groups in total. The van der Waals surface area contributed by atoms with Crippen molar-refractivity contribution in [1.29, 1.82) is 0 Å². The van der Waals surface area contributed by atoms with Gasteiger partial charge in [0.2, 0.25) is 0 Å². The molecule has 4 heterocycles. The van der Waals surface area contributed by atoms with Gasteiger partial charge in [-0.15, -0.1) is 0 Å². The summed E-state index contributed by atoms with van der Waals surface area (Å²) in [5.41, 5.74) is 11.3. The molecule has 0 amide bonds. The van der Waals surface area contributed by atoms with Gasteiger partial charge in [-0.1, -0.05) is 0 Å². The summed E-state index contributed by atoms with van der Waals surface area (Å²) in [5.74, 6) is 0. The minimum Gasteiger partial charge on any atom is -0.272 e. The SMILES string of the molecule is C=N/C=C(\C=C(/C)c1cc(-c2cncnc2)cc(-c2cncnc2)c1)c1cc(-c2cncnc2)cc(-c2cncnc2)c1. The normalized spacial score (nSPS) is 11.7. The van der Waals surface area contributed by atoms with E-state index in [0.717, 1.165) is 66.8 Å². The van der Waals surface area contributed by atoms with Gasteiger partial charge in [0.1, 0.15) is 25.3 Å². The van der Waals surface area contributed by atoms with Crippen LogP contribution in [0.15, 0.2) is 129 Å². The van der Waals surface area contributed by atoms with E-state index in [0.29, 0.717) is 0 Å². The first-order valence-electron chi connectivity index (χ1n) is 13.3. The average molecular weight is 560 g/mol. The zero-order valence-corrected chi connectivity index (χ0v) is 23.3. The van der Waals surface area contributed by atoms with Gasteiger partial charge >= 0.3 is 0 Å². The Bertz CT molecular complexity index is 1810. The third-order valence-electron chi connectivity index (χ3n) is 6.83. The lowest BCUT2D eigenvalue weighted by molar-refractivity contribution is 1.17. The Morgan fingerprint density at radius 3 is 1.14 bits per heavy atom. The van der Waals surface area contributed by atoms with Crippen molar-refractivity contribution in [3.8, 4) is 44.5 Å². The summed E-state index contributed by atoms with van der Waals surface area (Å²) in [4.78, 5) is 37.9. The van der Waals surface area contributed by atoms with Crippen molar-refractivity contribution < 1.29 is 0 Å². The quantitative estimate of drug-likeness (QED) is 0.150. The molecular weight excluding hydrogens is 534 g/mol. The number of benzene rings is 2. The fraction of sp³-hybridized carbons (Fsp3) is 0.0294. The summed E-state index contributed by atoms with van der Waals surface area (Å²) in [7, 11) is 0. The lowest BCUT2D eigenvalue weighted by Gasteiger charge is -2.13. The highest BCUT2D eigenvalue weighted by molar-refractivity contribution is 5.89. The molecule has 0 spiro atoms. The number of hydrogen-bond acceptors (Lipinski definition) is 9. The van der Waals surface area contributed by atoms with Crippen molar-refractivity contribution in [2.45, 2.75) is 6.92 Å². The van der Waals surface area contributed by atoms with Gasteiger partial charge in [0, 0.05) is 83.6 Å². The van der Waals surface area contributed by atoms with Crippen LogP contribution in [0.5, 0.6) is 0 Å². The highest BCUT2D eigenvalue weighted by Crippen LogP contribution is 2.34. The Morgan fingerprint density at radius 1 is 0.488 bits per heavy atom.